The number of aryl methyl sites for hydroxylation is 1. The fourth-order valence-electron chi connectivity index (χ4n) is 17.4. The number of phenols is 3. The number of ether oxygens (including phenoxy) is 1. The lowest BCUT2D eigenvalue weighted by molar-refractivity contribution is -0.142. The Morgan fingerprint density at radius 2 is 1.57 bits per heavy atom. The number of phenolic OH excluding ortho intramolecular Hbond substituents is 2. The molecule has 0 unspecified atom stereocenters. The van der Waals surface area contributed by atoms with Gasteiger partial charge < -0.3 is 66.7 Å². The summed E-state index contributed by atoms with van der Waals surface area (Å²) < 4.78 is 5.73. The van der Waals surface area contributed by atoms with Gasteiger partial charge in [0.05, 0.1) is 31.8 Å². The monoisotopic (exact) mass is 1290 g/mol. The molecule has 12 rings (SSSR count). The van der Waals surface area contributed by atoms with Crippen LogP contribution in [0.1, 0.15) is 140 Å². The summed E-state index contributed by atoms with van der Waals surface area (Å²) in [6.07, 6.45) is 8.10. The standard InChI is InChI=1S/C80H95N5O10/c1-6-10-63-56-30-57-29-50-20-23-65(67-39-74(91)75(95-5)35-51(67)21-24-72(89)80(94)79(93)68(50)34-56)64-13-8-7-12-62(64)55-27-45(2)66(33-48-11-9-14-71(88)70(48)44-86)49(28-55)16-18-54(41-81-4)77(57)52-25-26-83-76(36-52)85-59-22-19-47-15-17-53(78(92)69(47)37-59)32-61(87)43-82-40-46(3)58-31-60(84-42-58)38-73(63)90/h7-9,11-15,17,19,22,25,31,35-37,39,42,45-46,49-50,54-57,61,63,65-66,68,73,77,80-88,90-92,94H,6,10,21,24,26-30,32-34,38,40-41,43-44H2,1-5H3/t45-,46-,49+,50+,54-,55-,56+,57-,61-,63+,65-,66+,68-,73-,77+,80+/m1/s1. The van der Waals surface area contributed by atoms with Crippen molar-refractivity contribution in [3.8, 4) is 46.7 Å². The number of H-pyrrole nitrogens is 1. The summed E-state index contributed by atoms with van der Waals surface area (Å²) in [4.78, 5) is 34.0. The van der Waals surface area contributed by atoms with Crippen molar-refractivity contribution in [2.24, 2.45) is 59.2 Å². The molecular formula is C80H95N5O10. The number of Topliss-reactive ketones (excluding diaryl/α,β-unsaturated/α-hetero) is 2. The fourth-order valence-corrected chi connectivity index (χ4v) is 17.4. The minimum absolute atomic E-state index is 0.00490. The number of rotatable bonds is 8. The van der Waals surface area contributed by atoms with Crippen LogP contribution in [-0.4, -0.2) is 111 Å². The third-order valence-electron chi connectivity index (χ3n) is 22.3. The van der Waals surface area contributed by atoms with Gasteiger partial charge in [-0.05, 0) is 192 Å². The van der Waals surface area contributed by atoms with Crippen LogP contribution >= 0.6 is 0 Å². The number of carbonyl (C=O) groups is 2. The molecule has 95 heavy (non-hydrogen) atoms. The van der Waals surface area contributed by atoms with Gasteiger partial charge in [0.25, 0.3) is 0 Å². The first-order valence-electron chi connectivity index (χ1n) is 34.7. The minimum Gasteiger partial charge on any atom is -0.508 e. The molecule has 2 fully saturated rings. The van der Waals surface area contributed by atoms with Crippen LogP contribution in [0.4, 0.5) is 5.69 Å². The molecule has 0 radical (unpaired) electrons. The molecule has 5 aromatic carbocycles. The van der Waals surface area contributed by atoms with Crippen LogP contribution in [0.25, 0.3) is 10.8 Å². The number of aromatic nitrogens is 1. The number of hydrogen-bond donors (Lipinski definition) is 12. The zero-order valence-corrected chi connectivity index (χ0v) is 55.5. The first kappa shape index (κ1) is 67.1. The van der Waals surface area contributed by atoms with Crippen molar-refractivity contribution in [2.45, 2.75) is 140 Å². The summed E-state index contributed by atoms with van der Waals surface area (Å²) >= 11 is 0. The molecule has 2 saturated carbocycles. The van der Waals surface area contributed by atoms with E-state index >= 15 is 4.79 Å². The molecule has 3 heterocycles. The molecule has 1 aromatic heterocycles. The van der Waals surface area contributed by atoms with E-state index in [1.165, 1.54) is 7.11 Å². The van der Waals surface area contributed by atoms with Crippen LogP contribution in [-0.2, 0) is 41.9 Å². The molecule has 15 nitrogen and oxygen atoms in total. The van der Waals surface area contributed by atoms with Gasteiger partial charge in [-0.1, -0.05) is 112 Å². The van der Waals surface area contributed by atoms with Gasteiger partial charge >= 0.3 is 0 Å². The van der Waals surface area contributed by atoms with Crippen molar-refractivity contribution in [1.29, 1.82) is 0 Å². The summed E-state index contributed by atoms with van der Waals surface area (Å²) in [6.45, 7) is 8.09. The molecule has 0 amide bonds. The van der Waals surface area contributed by atoms with E-state index in [1.54, 1.807) is 18.2 Å². The first-order valence-corrected chi connectivity index (χ1v) is 34.7. The molecule has 4 aliphatic carbocycles. The second-order valence-electron chi connectivity index (χ2n) is 28.3. The highest BCUT2D eigenvalue weighted by Crippen LogP contribution is 2.51. The summed E-state index contributed by atoms with van der Waals surface area (Å²) in [5.41, 5.74) is 9.21. The predicted molar refractivity (Wildman–Crippen MR) is 371 cm³/mol. The Hall–Kier alpha value is -7.86. The molecular weight excluding hydrogens is 1190 g/mol. The van der Waals surface area contributed by atoms with Crippen LogP contribution in [0, 0.1) is 82.9 Å². The number of dihydropyridines is 1. The molecule has 13 bridgehead atoms. The SMILES string of the molecule is CCC[C@H]1[C@H]2C[C@H]3C[C@@H]4C#C[C@@H](c5cc(O)c(OC)cc5CCC(=O)[C@H](O)C(=O)[C@@H]4C2)c2ccccc2[C@@H]2C[C@@H](C)[C@H](Cc4cccc(O)c4CO)[C@@H](C#C[C@H](CNC)[C@@H]3C3=CCNC(=C3)Nc3ccc4ccc(c(O)c4c3)C[C@@H](O)CNC[C@@H](C)c3c[nH]c(c3)C[C@H]1O)C2. The van der Waals surface area contributed by atoms with Crippen molar-refractivity contribution in [1.82, 2.24) is 20.9 Å². The Kier molecular flexibility index (Phi) is 20.9. The van der Waals surface area contributed by atoms with E-state index in [2.05, 4.69) is 107 Å². The van der Waals surface area contributed by atoms with Crippen molar-refractivity contribution >= 4 is 28.0 Å². The average Bonchev–Trinajstić information content (AvgIpc) is 1.69. The Morgan fingerprint density at radius 3 is 2.37 bits per heavy atom. The lowest BCUT2D eigenvalue weighted by Gasteiger charge is -2.40. The number of aromatic amines is 1. The second-order valence-corrected chi connectivity index (χ2v) is 28.3. The smallest absolute Gasteiger partial charge is 0.173 e. The number of nitrogens with one attached hydrogen (secondary N) is 5. The van der Waals surface area contributed by atoms with E-state index in [4.69, 9.17) is 4.74 Å². The van der Waals surface area contributed by atoms with Gasteiger partial charge in [-0.3, -0.25) is 9.59 Å². The van der Waals surface area contributed by atoms with Crippen molar-refractivity contribution < 1.29 is 50.1 Å². The van der Waals surface area contributed by atoms with Crippen molar-refractivity contribution in [2.75, 3.05) is 45.7 Å². The average molecular weight is 1290 g/mol. The number of carbonyl (C=O) groups excluding carboxylic acids is 2. The number of hydrogen-bond acceptors (Lipinski definition) is 14. The van der Waals surface area contributed by atoms with Crippen LogP contribution in [0.15, 0.2) is 121 Å². The van der Waals surface area contributed by atoms with E-state index in [0.29, 0.717) is 92.3 Å². The number of ketones is 2. The number of allylic oxidation sites excluding steroid dienone is 2. The maximum atomic E-state index is 15.8. The fraction of sp³-hybridized carbons (Fsp3) is 0.475. The summed E-state index contributed by atoms with van der Waals surface area (Å²) in [5, 5.41) is 98.3. The molecule has 16 atom stereocenters. The number of β-amino-alcohol motifs (C(OH)–C–C–N with tert-alkyl or cyclic N) is 1. The highest BCUT2D eigenvalue weighted by molar-refractivity contribution is 6.06. The molecule has 12 N–H and O–H groups in total. The van der Waals surface area contributed by atoms with E-state index in [1.807, 2.05) is 61.8 Å². The lowest BCUT2D eigenvalue weighted by atomic mass is 9.63. The van der Waals surface area contributed by atoms with E-state index in [-0.39, 0.29) is 114 Å². The number of benzene rings is 5. The lowest BCUT2D eigenvalue weighted by Crippen LogP contribution is -2.40. The van der Waals surface area contributed by atoms with Crippen LogP contribution in [0.3, 0.4) is 0 Å². The molecule has 2 aliphatic heterocycles. The van der Waals surface area contributed by atoms with Gasteiger partial charge in [0.15, 0.2) is 29.2 Å². The number of fused-ring (bicyclic) bond motifs is 15. The Bertz CT molecular complexity index is 3980. The highest BCUT2D eigenvalue weighted by atomic mass is 16.5. The van der Waals surface area contributed by atoms with Gasteiger partial charge in [0.2, 0.25) is 0 Å². The summed E-state index contributed by atoms with van der Waals surface area (Å²) in [6, 6.07) is 29.3. The topological polar surface area (TPSA) is 249 Å². The Labute approximate surface area is 559 Å². The number of aromatic hydroxyl groups is 3. The number of anilines is 1. The maximum absolute atomic E-state index is 15.8. The molecule has 0 saturated heterocycles. The molecule has 0 spiro atoms. The number of methoxy groups -OCH3 is 1. The largest absolute Gasteiger partial charge is 0.508 e. The third-order valence-corrected chi connectivity index (χ3v) is 22.3. The Balaban J connectivity index is 1.10. The van der Waals surface area contributed by atoms with Gasteiger partial charge in [-0.25, -0.2) is 0 Å². The van der Waals surface area contributed by atoms with Gasteiger partial charge in [0, 0.05) is 104 Å². The summed E-state index contributed by atoms with van der Waals surface area (Å²) in [7, 11) is 3.45. The molecule has 15 heteroatoms. The van der Waals surface area contributed by atoms with Crippen LogP contribution in [0.2, 0.25) is 0 Å². The van der Waals surface area contributed by atoms with Gasteiger partial charge in [-0.15, -0.1) is 0 Å². The van der Waals surface area contributed by atoms with Gasteiger partial charge in [-0.2, -0.15) is 0 Å². The van der Waals surface area contributed by atoms with Crippen LogP contribution < -0.4 is 26.0 Å². The highest BCUT2D eigenvalue weighted by Gasteiger charge is 2.47. The van der Waals surface area contributed by atoms with Crippen molar-refractivity contribution in [3.63, 3.8) is 0 Å². The first-order chi connectivity index (χ1) is 46.0. The van der Waals surface area contributed by atoms with E-state index in [0.717, 1.165) is 63.3 Å². The zero-order chi connectivity index (χ0) is 66.6. The number of aliphatic hydroxyl groups is 4. The number of aliphatic hydroxyl groups excluding tert-OH is 4. The zero-order valence-electron chi connectivity index (χ0n) is 55.5. The molecule has 6 aromatic rings. The van der Waals surface area contributed by atoms with E-state index in [9.17, 15) is 40.5 Å². The predicted octanol–water partition coefficient (Wildman–Crippen LogP) is 10.6. The van der Waals surface area contributed by atoms with Crippen LogP contribution in [0.5, 0.6) is 23.0 Å². The van der Waals surface area contributed by atoms with E-state index < -0.39 is 47.6 Å². The Morgan fingerprint density at radius 1 is 0.758 bits per heavy atom. The third kappa shape index (κ3) is 14.5. The molecule has 500 valence electrons. The quantitative estimate of drug-likeness (QED) is 0.0501. The van der Waals surface area contributed by atoms with Crippen molar-refractivity contribution in [3.05, 3.63) is 171 Å². The molecule has 6 aliphatic rings. The second kappa shape index (κ2) is 29.6. The van der Waals surface area contributed by atoms with Gasteiger partial charge in [0.1, 0.15) is 17.3 Å². The summed E-state index contributed by atoms with van der Waals surface area (Å²) in [5.74, 6) is 12.0. The normalized spacial score (nSPS) is 29.7. The minimum atomic E-state index is -1.93. The maximum Gasteiger partial charge on any atom is 0.173 e.